The highest BCUT2D eigenvalue weighted by Gasteiger charge is 2.09. The van der Waals surface area contributed by atoms with Gasteiger partial charge in [0, 0.05) is 6.07 Å². The van der Waals surface area contributed by atoms with Crippen LogP contribution in [0.3, 0.4) is 0 Å². The number of ether oxygens (including phenoxy) is 1. The van der Waals surface area contributed by atoms with Gasteiger partial charge in [0.2, 0.25) is 0 Å². The second-order valence-corrected chi connectivity index (χ2v) is 2.52. The first-order chi connectivity index (χ1) is 5.36. The summed E-state index contributed by atoms with van der Waals surface area (Å²) in [6.45, 7) is 0.663. The van der Waals surface area contributed by atoms with Gasteiger partial charge >= 0.3 is 0 Å². The SMILES string of the molecule is Fc1ccc2c(c1)OCC[CH]2. The van der Waals surface area contributed by atoms with Gasteiger partial charge in [0.1, 0.15) is 11.6 Å². The van der Waals surface area contributed by atoms with Gasteiger partial charge < -0.3 is 4.74 Å². The van der Waals surface area contributed by atoms with E-state index in [9.17, 15) is 4.39 Å². The summed E-state index contributed by atoms with van der Waals surface area (Å²) in [4.78, 5) is 0. The summed E-state index contributed by atoms with van der Waals surface area (Å²) < 4.78 is 17.8. The largest absolute Gasteiger partial charge is 0.493 e. The highest BCUT2D eigenvalue weighted by molar-refractivity contribution is 5.40. The van der Waals surface area contributed by atoms with E-state index in [1.807, 2.05) is 0 Å². The highest BCUT2D eigenvalue weighted by atomic mass is 19.1. The van der Waals surface area contributed by atoms with Crippen molar-refractivity contribution >= 4 is 0 Å². The second-order valence-electron chi connectivity index (χ2n) is 2.52. The summed E-state index contributed by atoms with van der Waals surface area (Å²) in [5, 5.41) is 0. The van der Waals surface area contributed by atoms with Crippen molar-refractivity contribution in [2.24, 2.45) is 0 Å². The minimum Gasteiger partial charge on any atom is -0.493 e. The molecule has 0 bridgehead atoms. The molecule has 11 heavy (non-hydrogen) atoms. The maximum absolute atomic E-state index is 12.6. The lowest BCUT2D eigenvalue weighted by atomic mass is 10.1. The van der Waals surface area contributed by atoms with Crippen molar-refractivity contribution in [2.45, 2.75) is 6.42 Å². The van der Waals surface area contributed by atoms with Crippen molar-refractivity contribution in [1.82, 2.24) is 0 Å². The number of fused-ring (bicyclic) bond motifs is 1. The standard InChI is InChI=1S/C9H8FO/c10-8-4-3-7-2-1-5-11-9(7)6-8/h2-4,6H,1,5H2. The van der Waals surface area contributed by atoms with Crippen molar-refractivity contribution < 1.29 is 9.13 Å². The fourth-order valence-corrected chi connectivity index (χ4v) is 1.19. The molecule has 0 saturated carbocycles. The average molecular weight is 151 g/mol. The van der Waals surface area contributed by atoms with Crippen LogP contribution >= 0.6 is 0 Å². The van der Waals surface area contributed by atoms with Crippen molar-refractivity contribution in [2.75, 3.05) is 6.61 Å². The monoisotopic (exact) mass is 151 g/mol. The van der Waals surface area contributed by atoms with Crippen molar-refractivity contribution in [3.05, 3.63) is 36.0 Å². The van der Waals surface area contributed by atoms with Crippen LogP contribution in [0.4, 0.5) is 4.39 Å². The van der Waals surface area contributed by atoms with E-state index in [2.05, 4.69) is 6.42 Å². The van der Waals surface area contributed by atoms with E-state index >= 15 is 0 Å². The molecule has 0 saturated heterocycles. The quantitative estimate of drug-likeness (QED) is 0.552. The molecule has 1 heterocycles. The Kier molecular flexibility index (Phi) is 1.53. The Hall–Kier alpha value is -1.05. The van der Waals surface area contributed by atoms with E-state index in [0.29, 0.717) is 12.4 Å². The fraction of sp³-hybridized carbons (Fsp3) is 0.222. The molecule has 2 rings (SSSR count). The van der Waals surface area contributed by atoms with E-state index in [4.69, 9.17) is 4.74 Å². The van der Waals surface area contributed by atoms with E-state index in [1.54, 1.807) is 6.07 Å². The van der Waals surface area contributed by atoms with Crippen LogP contribution in [0.1, 0.15) is 12.0 Å². The first kappa shape index (κ1) is 6.65. The fourth-order valence-electron chi connectivity index (χ4n) is 1.19. The van der Waals surface area contributed by atoms with Crippen molar-refractivity contribution in [1.29, 1.82) is 0 Å². The topological polar surface area (TPSA) is 9.23 Å². The first-order valence-electron chi connectivity index (χ1n) is 3.62. The van der Waals surface area contributed by atoms with Gasteiger partial charge in [0.05, 0.1) is 6.61 Å². The van der Waals surface area contributed by atoms with Gasteiger partial charge in [-0.15, -0.1) is 0 Å². The van der Waals surface area contributed by atoms with E-state index < -0.39 is 0 Å². The summed E-state index contributed by atoms with van der Waals surface area (Å²) >= 11 is 0. The van der Waals surface area contributed by atoms with E-state index in [1.165, 1.54) is 12.1 Å². The minimum absolute atomic E-state index is 0.237. The molecule has 0 unspecified atom stereocenters. The molecule has 0 spiro atoms. The third-order valence-corrected chi connectivity index (χ3v) is 1.72. The van der Waals surface area contributed by atoms with Crippen LogP contribution in [-0.2, 0) is 0 Å². The van der Waals surface area contributed by atoms with Crippen LogP contribution in [0.2, 0.25) is 0 Å². The van der Waals surface area contributed by atoms with Gasteiger partial charge in [-0.1, -0.05) is 6.07 Å². The third kappa shape index (κ3) is 1.20. The lowest BCUT2D eigenvalue weighted by molar-refractivity contribution is 0.304. The number of rotatable bonds is 0. The molecular formula is C9H8FO. The molecule has 2 heteroatoms. The van der Waals surface area contributed by atoms with Gasteiger partial charge in [-0.3, -0.25) is 0 Å². The Balaban J connectivity index is 2.43. The number of hydrogen-bond donors (Lipinski definition) is 0. The molecule has 57 valence electrons. The Bertz CT molecular complexity index is 270. The second kappa shape index (κ2) is 2.53. The molecule has 1 nitrogen and oxygen atoms in total. The van der Waals surface area contributed by atoms with Crippen LogP contribution in [0.15, 0.2) is 18.2 Å². The van der Waals surface area contributed by atoms with E-state index in [0.717, 1.165) is 12.0 Å². The number of hydrogen-bond acceptors (Lipinski definition) is 1. The molecule has 0 aliphatic carbocycles. The van der Waals surface area contributed by atoms with Gasteiger partial charge in [0.15, 0.2) is 0 Å². The van der Waals surface area contributed by atoms with E-state index in [-0.39, 0.29) is 5.82 Å². The molecule has 0 fully saturated rings. The molecule has 1 aliphatic rings. The van der Waals surface area contributed by atoms with Crippen LogP contribution in [0.5, 0.6) is 5.75 Å². The Labute approximate surface area is 64.8 Å². The molecule has 0 atom stereocenters. The molecule has 1 aliphatic heterocycles. The van der Waals surface area contributed by atoms with Gasteiger partial charge in [0.25, 0.3) is 0 Å². The normalized spacial score (nSPS) is 15.4. The summed E-state index contributed by atoms with van der Waals surface area (Å²) in [5.74, 6) is 0.426. The van der Waals surface area contributed by atoms with Crippen molar-refractivity contribution in [3.63, 3.8) is 0 Å². The first-order valence-corrected chi connectivity index (χ1v) is 3.62. The number of benzene rings is 1. The Morgan fingerprint density at radius 3 is 3.18 bits per heavy atom. The Morgan fingerprint density at radius 2 is 2.27 bits per heavy atom. The minimum atomic E-state index is -0.237. The smallest absolute Gasteiger partial charge is 0.126 e. The predicted molar refractivity (Wildman–Crippen MR) is 39.9 cm³/mol. The summed E-state index contributed by atoms with van der Waals surface area (Å²) in [7, 11) is 0. The lowest BCUT2D eigenvalue weighted by Crippen LogP contribution is -2.06. The zero-order valence-corrected chi connectivity index (χ0v) is 6.01. The zero-order chi connectivity index (χ0) is 7.68. The van der Waals surface area contributed by atoms with Crippen LogP contribution in [0, 0.1) is 12.2 Å². The maximum atomic E-state index is 12.6. The van der Waals surface area contributed by atoms with Crippen molar-refractivity contribution in [3.8, 4) is 5.75 Å². The van der Waals surface area contributed by atoms with Crippen LogP contribution in [0.25, 0.3) is 0 Å². The maximum Gasteiger partial charge on any atom is 0.126 e. The predicted octanol–water partition coefficient (Wildman–Crippen LogP) is 2.16. The molecule has 1 radical (unpaired) electrons. The van der Waals surface area contributed by atoms with Gasteiger partial charge in [-0.2, -0.15) is 0 Å². The van der Waals surface area contributed by atoms with Gasteiger partial charge in [-0.25, -0.2) is 4.39 Å². The Morgan fingerprint density at radius 1 is 1.36 bits per heavy atom. The summed E-state index contributed by atoms with van der Waals surface area (Å²) in [6, 6.07) is 4.61. The molecule has 0 aromatic heterocycles. The molecule has 1 aromatic rings. The summed E-state index contributed by atoms with van der Waals surface area (Å²) in [5.41, 5.74) is 0.998. The van der Waals surface area contributed by atoms with Crippen LogP contribution < -0.4 is 4.74 Å². The average Bonchev–Trinajstić information content (AvgIpc) is 2.04. The highest BCUT2D eigenvalue weighted by Crippen LogP contribution is 2.26. The molecule has 1 aromatic carbocycles. The third-order valence-electron chi connectivity index (χ3n) is 1.72. The van der Waals surface area contributed by atoms with Gasteiger partial charge in [-0.05, 0) is 24.5 Å². The van der Waals surface area contributed by atoms with Crippen LogP contribution in [-0.4, -0.2) is 6.61 Å². The number of halogens is 1. The molecule has 0 N–H and O–H groups in total. The zero-order valence-electron chi connectivity index (χ0n) is 6.01. The lowest BCUT2D eigenvalue weighted by Gasteiger charge is -2.15. The molecule has 0 amide bonds. The summed E-state index contributed by atoms with van der Waals surface area (Å²) in [6.07, 6.45) is 2.97. The molecular weight excluding hydrogens is 143 g/mol.